The van der Waals surface area contributed by atoms with E-state index < -0.39 is 6.04 Å². The first-order valence-corrected chi connectivity index (χ1v) is 14.4. The van der Waals surface area contributed by atoms with E-state index in [2.05, 4.69) is 21.2 Å². The number of nitrogens with zero attached hydrogens (tertiary/aromatic N) is 3. The smallest absolute Gasteiger partial charge is 0.271 e. The van der Waals surface area contributed by atoms with Gasteiger partial charge in [-0.05, 0) is 70.9 Å². The van der Waals surface area contributed by atoms with Crippen molar-refractivity contribution in [1.82, 2.24) is 4.57 Å². The Labute approximate surface area is 250 Å². The van der Waals surface area contributed by atoms with Crippen molar-refractivity contribution >= 4 is 50.6 Å². The van der Waals surface area contributed by atoms with E-state index in [4.69, 9.17) is 14.5 Å². The predicted molar refractivity (Wildman–Crippen MR) is 167 cm³/mol. The largest absolute Gasteiger partial charge is 0.497 e. The van der Waals surface area contributed by atoms with Crippen LogP contribution < -0.4 is 34.6 Å². The second-order valence-electron chi connectivity index (χ2n) is 9.62. The van der Waals surface area contributed by atoms with Gasteiger partial charge in [-0.25, -0.2) is 4.99 Å². The second kappa shape index (κ2) is 11.8. The van der Waals surface area contributed by atoms with Crippen molar-refractivity contribution in [2.75, 3.05) is 38.5 Å². The Morgan fingerprint density at radius 1 is 1.07 bits per heavy atom. The van der Waals surface area contributed by atoms with Gasteiger partial charge < -0.3 is 19.7 Å². The summed E-state index contributed by atoms with van der Waals surface area (Å²) >= 11 is 4.91. The summed E-state index contributed by atoms with van der Waals surface area (Å²) in [7, 11) is 7.07. The van der Waals surface area contributed by atoms with Crippen LogP contribution in [-0.2, 0) is 4.79 Å². The molecule has 1 aliphatic heterocycles. The number of ether oxygens (including phenoxy) is 2. The maximum Gasteiger partial charge on any atom is 0.271 e. The number of benzene rings is 3. The normalized spacial score (nSPS) is 14.8. The summed E-state index contributed by atoms with van der Waals surface area (Å²) in [6.45, 7) is 1.79. The molecule has 0 bridgehead atoms. The molecule has 1 amide bonds. The third-order valence-electron chi connectivity index (χ3n) is 6.78. The first-order valence-electron chi connectivity index (χ1n) is 12.8. The molecule has 1 aromatic heterocycles. The highest BCUT2D eigenvalue weighted by molar-refractivity contribution is 9.10. The van der Waals surface area contributed by atoms with Crippen LogP contribution in [0.4, 0.5) is 11.4 Å². The van der Waals surface area contributed by atoms with Crippen LogP contribution in [0.15, 0.2) is 92.3 Å². The molecule has 1 atom stereocenters. The molecular formula is C31H29BrN4O4S. The van der Waals surface area contributed by atoms with Crippen LogP contribution in [0.3, 0.4) is 0 Å². The zero-order chi connectivity index (χ0) is 29.3. The summed E-state index contributed by atoms with van der Waals surface area (Å²) in [6, 6.07) is 19.7. The van der Waals surface area contributed by atoms with Crippen molar-refractivity contribution in [3.05, 3.63) is 113 Å². The van der Waals surface area contributed by atoms with Crippen LogP contribution in [0.2, 0.25) is 0 Å². The maximum absolute atomic E-state index is 14.1. The number of allylic oxidation sites excluding steroid dienone is 1. The van der Waals surface area contributed by atoms with Crippen molar-refractivity contribution in [2.24, 2.45) is 4.99 Å². The number of thiazole rings is 1. The Hall–Kier alpha value is -4.15. The van der Waals surface area contributed by atoms with E-state index in [1.54, 1.807) is 37.8 Å². The number of hydrogen-bond donors (Lipinski definition) is 1. The minimum atomic E-state index is -0.777. The fraction of sp³-hybridized carbons (Fsp3) is 0.194. The summed E-state index contributed by atoms with van der Waals surface area (Å²) < 4.78 is 14.1. The van der Waals surface area contributed by atoms with Crippen molar-refractivity contribution < 1.29 is 14.3 Å². The van der Waals surface area contributed by atoms with E-state index in [1.807, 2.05) is 79.7 Å². The molecule has 2 heterocycles. The minimum absolute atomic E-state index is 0.248. The Balaban J connectivity index is 1.70. The van der Waals surface area contributed by atoms with Crippen LogP contribution in [-0.4, -0.2) is 38.8 Å². The number of carbonyl (C=O) groups is 1. The van der Waals surface area contributed by atoms with Gasteiger partial charge in [-0.3, -0.25) is 14.2 Å². The number of aromatic nitrogens is 1. The van der Waals surface area contributed by atoms with Gasteiger partial charge in [-0.2, -0.15) is 0 Å². The molecule has 0 fully saturated rings. The van der Waals surface area contributed by atoms with Gasteiger partial charge in [0.1, 0.15) is 17.5 Å². The number of methoxy groups -OCH3 is 2. The number of anilines is 2. The van der Waals surface area contributed by atoms with Crippen molar-refractivity contribution in [3.8, 4) is 11.5 Å². The molecule has 1 aliphatic rings. The highest BCUT2D eigenvalue weighted by Crippen LogP contribution is 2.37. The van der Waals surface area contributed by atoms with E-state index in [0.29, 0.717) is 43.4 Å². The fourth-order valence-electron chi connectivity index (χ4n) is 4.80. The topological polar surface area (TPSA) is 85.2 Å². The number of nitrogens with one attached hydrogen (secondary N) is 1. The monoisotopic (exact) mass is 632 g/mol. The summed E-state index contributed by atoms with van der Waals surface area (Å²) in [5.74, 6) is 0.741. The minimum Gasteiger partial charge on any atom is -0.497 e. The Bertz CT molecular complexity index is 1840. The van der Waals surface area contributed by atoms with Crippen LogP contribution in [0.1, 0.15) is 24.1 Å². The first-order chi connectivity index (χ1) is 19.7. The quantitative estimate of drug-likeness (QED) is 0.319. The molecule has 0 saturated carbocycles. The van der Waals surface area contributed by atoms with Crippen LogP contribution in [0.25, 0.3) is 6.08 Å². The fourth-order valence-corrected chi connectivity index (χ4v) is 6.60. The molecule has 4 aromatic rings. The lowest BCUT2D eigenvalue weighted by Gasteiger charge is -2.26. The number of para-hydroxylation sites is 1. The number of amides is 1. The van der Waals surface area contributed by atoms with Gasteiger partial charge in [-0.15, -0.1) is 0 Å². The SMILES string of the molecule is COc1ccc([C@@H]2C(C(=O)Nc3ccccc3)=C(C)N=c3s/c(=C\c4ccc(N(C)C)c(Br)c4)c(=O)n32)c(OC)c1. The highest BCUT2D eigenvalue weighted by atomic mass is 79.9. The van der Waals surface area contributed by atoms with E-state index in [-0.39, 0.29) is 11.5 Å². The van der Waals surface area contributed by atoms with Crippen LogP contribution in [0, 0.1) is 0 Å². The lowest BCUT2D eigenvalue weighted by Crippen LogP contribution is -2.40. The molecule has 0 aliphatic carbocycles. The summed E-state index contributed by atoms with van der Waals surface area (Å²) in [5, 5.41) is 2.97. The molecular weight excluding hydrogens is 604 g/mol. The van der Waals surface area contributed by atoms with E-state index in [1.165, 1.54) is 11.3 Å². The van der Waals surface area contributed by atoms with Gasteiger partial charge in [0.05, 0.1) is 35.7 Å². The second-order valence-corrected chi connectivity index (χ2v) is 11.5. The van der Waals surface area contributed by atoms with Gasteiger partial charge in [0.25, 0.3) is 11.5 Å². The number of carbonyl (C=O) groups excluding carboxylic acids is 1. The zero-order valence-electron chi connectivity index (χ0n) is 23.3. The molecule has 5 rings (SSSR count). The first kappa shape index (κ1) is 28.4. The van der Waals surface area contributed by atoms with E-state index in [0.717, 1.165) is 15.7 Å². The van der Waals surface area contributed by atoms with Crippen LogP contribution >= 0.6 is 27.3 Å². The Morgan fingerprint density at radius 2 is 1.83 bits per heavy atom. The average molecular weight is 634 g/mol. The molecule has 0 saturated heterocycles. The number of halogens is 1. The molecule has 0 unspecified atom stereocenters. The molecule has 8 nitrogen and oxygen atoms in total. The van der Waals surface area contributed by atoms with Gasteiger partial charge in [0.15, 0.2) is 4.80 Å². The van der Waals surface area contributed by atoms with Gasteiger partial charge in [0.2, 0.25) is 0 Å². The van der Waals surface area contributed by atoms with E-state index >= 15 is 0 Å². The predicted octanol–water partition coefficient (Wildman–Crippen LogP) is 4.72. The van der Waals surface area contributed by atoms with Crippen LogP contribution in [0.5, 0.6) is 11.5 Å². The van der Waals surface area contributed by atoms with E-state index in [9.17, 15) is 9.59 Å². The molecule has 210 valence electrons. The van der Waals surface area contributed by atoms with Crippen molar-refractivity contribution in [1.29, 1.82) is 0 Å². The van der Waals surface area contributed by atoms with Gasteiger partial charge >= 0.3 is 0 Å². The van der Waals surface area contributed by atoms with Gasteiger partial charge in [-0.1, -0.05) is 35.6 Å². The summed E-state index contributed by atoms with van der Waals surface area (Å²) in [4.78, 5) is 35.1. The third kappa shape index (κ3) is 5.57. The molecule has 3 aromatic carbocycles. The third-order valence-corrected chi connectivity index (χ3v) is 8.40. The van der Waals surface area contributed by atoms with Crippen molar-refractivity contribution in [3.63, 3.8) is 0 Å². The lowest BCUT2D eigenvalue weighted by molar-refractivity contribution is -0.113. The number of fused-ring (bicyclic) bond motifs is 1. The Kier molecular flexibility index (Phi) is 8.14. The number of hydrogen-bond acceptors (Lipinski definition) is 7. The van der Waals surface area contributed by atoms with Crippen molar-refractivity contribution in [2.45, 2.75) is 13.0 Å². The summed E-state index contributed by atoms with van der Waals surface area (Å²) in [6.07, 6.45) is 1.85. The molecule has 10 heteroatoms. The molecule has 1 N–H and O–H groups in total. The summed E-state index contributed by atoms with van der Waals surface area (Å²) in [5.41, 5.74) is 3.81. The average Bonchev–Trinajstić information content (AvgIpc) is 3.26. The number of rotatable bonds is 7. The molecule has 41 heavy (non-hydrogen) atoms. The maximum atomic E-state index is 14.1. The van der Waals surface area contributed by atoms with Gasteiger partial charge in [0, 0.05) is 35.9 Å². The molecule has 0 radical (unpaired) electrons. The lowest BCUT2D eigenvalue weighted by atomic mass is 9.94. The Morgan fingerprint density at radius 3 is 2.49 bits per heavy atom. The highest BCUT2D eigenvalue weighted by Gasteiger charge is 2.34. The zero-order valence-corrected chi connectivity index (χ0v) is 25.7. The standard InChI is InChI=1S/C31H29BrN4O4S/c1-18-27(29(37)34-20-9-7-6-8-10-20)28(22-13-12-21(39-4)17-25(22)40-5)36-30(38)26(41-31(36)33-18)16-19-11-14-24(35(2)3)23(32)15-19/h6-17,28H,1-5H3,(H,34,37)/b26-16-/t28-/m1/s1. The molecule has 0 spiro atoms.